The first kappa shape index (κ1) is 37.0. The second-order valence-corrected chi connectivity index (χ2v) is 13.4. The molecule has 0 aliphatic carbocycles. The second kappa shape index (κ2) is 16.2. The summed E-state index contributed by atoms with van der Waals surface area (Å²) in [5.41, 5.74) is 9.64. The standard InChI is InChI=1S/C41H43F3N4O3/c1-4-5-16-32(37(45)49)34(23-26(2)3)39(50)47-38-40(51)48(35-18-10-9-17-33(35)36(46-38)29-13-7-6-8-14-29)25-27-12-11-15-30(24-27)28-19-21-31(22-20-28)41(42,43)44/h6-15,17-22,24,26,32,34,38H,4-5,16,23,25H2,1-3H3,(H2,45,49)(H,47,50). The van der Waals surface area contributed by atoms with Gasteiger partial charge in [0.1, 0.15) is 0 Å². The van der Waals surface area contributed by atoms with Crippen LogP contribution in [0.3, 0.4) is 0 Å². The fraction of sp³-hybridized carbons (Fsp3) is 0.317. The number of nitrogens with one attached hydrogen (secondary N) is 1. The van der Waals surface area contributed by atoms with Gasteiger partial charge >= 0.3 is 6.18 Å². The number of hydrogen-bond acceptors (Lipinski definition) is 4. The predicted molar refractivity (Wildman–Crippen MR) is 194 cm³/mol. The van der Waals surface area contributed by atoms with Crippen molar-refractivity contribution < 1.29 is 27.6 Å². The Morgan fingerprint density at radius 1 is 0.863 bits per heavy atom. The molecule has 1 heterocycles. The summed E-state index contributed by atoms with van der Waals surface area (Å²) in [7, 11) is 0. The molecular weight excluding hydrogens is 653 g/mol. The molecule has 3 unspecified atom stereocenters. The maximum Gasteiger partial charge on any atom is 0.416 e. The van der Waals surface area contributed by atoms with Crippen LogP contribution in [0.25, 0.3) is 11.1 Å². The zero-order chi connectivity index (χ0) is 36.7. The number of amides is 3. The maximum atomic E-state index is 14.6. The Morgan fingerprint density at radius 3 is 2.18 bits per heavy atom. The van der Waals surface area contributed by atoms with E-state index in [1.807, 2.05) is 87.5 Å². The van der Waals surface area contributed by atoms with Crippen LogP contribution in [0.5, 0.6) is 0 Å². The summed E-state index contributed by atoms with van der Waals surface area (Å²) in [6.45, 7) is 6.03. The lowest BCUT2D eigenvalue weighted by atomic mass is 9.81. The summed E-state index contributed by atoms with van der Waals surface area (Å²) in [5.74, 6) is -2.87. The SMILES string of the molecule is CCCCC(C(N)=O)C(CC(C)C)C(=O)NC1N=C(c2ccccc2)c2ccccc2N(Cc2cccc(-c3ccc(C(F)(F)F)cc3)c2)C1=O. The van der Waals surface area contributed by atoms with Crippen molar-refractivity contribution in [2.75, 3.05) is 4.90 Å². The van der Waals surface area contributed by atoms with Gasteiger partial charge in [-0.15, -0.1) is 0 Å². The number of rotatable bonds is 13. The van der Waals surface area contributed by atoms with E-state index < -0.39 is 47.5 Å². The average molecular weight is 697 g/mol. The fourth-order valence-electron chi connectivity index (χ4n) is 6.57. The van der Waals surface area contributed by atoms with Crippen molar-refractivity contribution in [2.45, 2.75) is 65.3 Å². The molecule has 1 aliphatic heterocycles. The van der Waals surface area contributed by atoms with E-state index in [-0.39, 0.29) is 12.5 Å². The summed E-state index contributed by atoms with van der Waals surface area (Å²) < 4.78 is 39.6. The van der Waals surface area contributed by atoms with Gasteiger partial charge in [-0.1, -0.05) is 112 Å². The highest BCUT2D eigenvalue weighted by atomic mass is 19.4. The number of carbonyl (C=O) groups excluding carboxylic acids is 3. The van der Waals surface area contributed by atoms with E-state index in [0.717, 1.165) is 36.1 Å². The molecule has 0 aromatic heterocycles. The van der Waals surface area contributed by atoms with Crippen molar-refractivity contribution in [3.05, 3.63) is 125 Å². The lowest BCUT2D eigenvalue weighted by Crippen LogP contribution is -2.50. The number of carbonyl (C=O) groups is 3. The quantitative estimate of drug-likeness (QED) is 0.147. The Morgan fingerprint density at radius 2 is 1.53 bits per heavy atom. The van der Waals surface area contributed by atoms with Crippen LogP contribution >= 0.6 is 0 Å². The number of unbranched alkanes of at least 4 members (excludes halogenated alkanes) is 1. The van der Waals surface area contributed by atoms with E-state index in [9.17, 15) is 27.6 Å². The van der Waals surface area contributed by atoms with Crippen molar-refractivity contribution in [3.63, 3.8) is 0 Å². The minimum absolute atomic E-state index is 0.0788. The molecule has 266 valence electrons. The molecule has 0 saturated carbocycles. The number of nitrogens with two attached hydrogens (primary N) is 1. The molecule has 3 N–H and O–H groups in total. The Kier molecular flexibility index (Phi) is 11.7. The number of aliphatic imine (C=N–C) groups is 1. The first-order valence-electron chi connectivity index (χ1n) is 17.3. The van der Waals surface area contributed by atoms with Crippen molar-refractivity contribution in [1.29, 1.82) is 0 Å². The highest BCUT2D eigenvalue weighted by Crippen LogP contribution is 2.33. The third-order valence-corrected chi connectivity index (χ3v) is 9.13. The number of hydrogen-bond donors (Lipinski definition) is 2. The van der Waals surface area contributed by atoms with Gasteiger partial charge in [0.15, 0.2) is 0 Å². The molecule has 5 rings (SSSR count). The van der Waals surface area contributed by atoms with Crippen LogP contribution in [0.1, 0.15) is 68.7 Å². The van der Waals surface area contributed by atoms with Crippen LogP contribution in [0.2, 0.25) is 0 Å². The Bertz CT molecular complexity index is 1870. The molecule has 4 aromatic rings. The van der Waals surface area contributed by atoms with Gasteiger partial charge in [-0.05, 0) is 59.7 Å². The molecule has 0 spiro atoms. The first-order valence-corrected chi connectivity index (χ1v) is 17.3. The molecule has 51 heavy (non-hydrogen) atoms. The van der Waals surface area contributed by atoms with E-state index in [1.165, 1.54) is 12.1 Å². The molecule has 0 saturated heterocycles. The highest BCUT2D eigenvalue weighted by Gasteiger charge is 2.38. The molecule has 4 aromatic carbocycles. The van der Waals surface area contributed by atoms with Gasteiger partial charge in [0.2, 0.25) is 18.0 Å². The van der Waals surface area contributed by atoms with Crippen molar-refractivity contribution in [3.8, 4) is 11.1 Å². The number of nitrogens with zero attached hydrogens (tertiary/aromatic N) is 2. The Balaban J connectivity index is 1.55. The summed E-state index contributed by atoms with van der Waals surface area (Å²) in [4.78, 5) is 47.9. The summed E-state index contributed by atoms with van der Waals surface area (Å²) in [5, 5.41) is 2.91. The number of alkyl halides is 3. The fourth-order valence-corrected chi connectivity index (χ4v) is 6.57. The Hall–Kier alpha value is -5.25. The minimum Gasteiger partial charge on any atom is -0.369 e. The van der Waals surface area contributed by atoms with Crippen LogP contribution < -0.4 is 16.0 Å². The van der Waals surface area contributed by atoms with Gasteiger partial charge in [0.05, 0.1) is 23.5 Å². The number of para-hydroxylation sites is 1. The van der Waals surface area contributed by atoms with E-state index in [0.29, 0.717) is 40.9 Å². The molecule has 1 aliphatic rings. The molecule has 0 fully saturated rings. The van der Waals surface area contributed by atoms with Crippen LogP contribution in [0.15, 0.2) is 108 Å². The lowest BCUT2D eigenvalue weighted by Gasteiger charge is -2.29. The minimum atomic E-state index is -4.45. The normalized spacial score (nSPS) is 15.8. The number of benzodiazepines with no additional fused rings is 1. The van der Waals surface area contributed by atoms with Gasteiger partial charge in [-0.2, -0.15) is 13.2 Å². The van der Waals surface area contributed by atoms with Crippen molar-refractivity contribution >= 4 is 29.1 Å². The molecule has 7 nitrogen and oxygen atoms in total. The molecule has 10 heteroatoms. The summed E-state index contributed by atoms with van der Waals surface area (Å²) >= 11 is 0. The van der Waals surface area contributed by atoms with Crippen LogP contribution in [-0.2, 0) is 27.1 Å². The van der Waals surface area contributed by atoms with Gasteiger partial charge in [0, 0.05) is 23.0 Å². The summed E-state index contributed by atoms with van der Waals surface area (Å²) in [6.07, 6.45) is -3.35. The highest BCUT2D eigenvalue weighted by molar-refractivity contribution is 6.20. The van der Waals surface area contributed by atoms with E-state index >= 15 is 0 Å². The van der Waals surface area contributed by atoms with Crippen molar-refractivity contribution in [2.24, 2.45) is 28.5 Å². The third kappa shape index (κ3) is 8.92. The Labute approximate surface area is 296 Å². The van der Waals surface area contributed by atoms with Gasteiger partial charge in [-0.25, -0.2) is 4.99 Å². The lowest BCUT2D eigenvalue weighted by molar-refractivity contribution is -0.137. The van der Waals surface area contributed by atoms with E-state index in [4.69, 9.17) is 10.7 Å². The smallest absolute Gasteiger partial charge is 0.369 e. The van der Waals surface area contributed by atoms with Crippen LogP contribution in [0, 0.1) is 17.8 Å². The summed E-state index contributed by atoms with van der Waals surface area (Å²) in [6, 6.07) is 29.0. The molecule has 0 bridgehead atoms. The number of fused-ring (bicyclic) bond motifs is 1. The van der Waals surface area contributed by atoms with E-state index in [1.54, 1.807) is 17.0 Å². The van der Waals surface area contributed by atoms with E-state index in [2.05, 4.69) is 5.32 Å². The number of anilines is 1. The predicted octanol–water partition coefficient (Wildman–Crippen LogP) is 8.15. The average Bonchev–Trinajstić information content (AvgIpc) is 3.22. The number of benzene rings is 4. The second-order valence-electron chi connectivity index (χ2n) is 13.4. The molecular formula is C41H43F3N4O3. The van der Waals surface area contributed by atoms with Gasteiger partial charge < -0.3 is 16.0 Å². The van der Waals surface area contributed by atoms with Crippen molar-refractivity contribution in [1.82, 2.24) is 5.32 Å². The topological polar surface area (TPSA) is 105 Å². The zero-order valence-corrected chi connectivity index (χ0v) is 29.0. The third-order valence-electron chi connectivity index (χ3n) is 9.13. The van der Waals surface area contributed by atoms with Gasteiger partial charge in [-0.3, -0.25) is 14.4 Å². The molecule has 0 radical (unpaired) electrons. The number of halogens is 3. The van der Waals surface area contributed by atoms with Crippen LogP contribution in [-0.4, -0.2) is 29.6 Å². The maximum absolute atomic E-state index is 14.6. The monoisotopic (exact) mass is 696 g/mol. The van der Waals surface area contributed by atoms with Crippen LogP contribution in [0.4, 0.5) is 18.9 Å². The number of primary amides is 1. The largest absolute Gasteiger partial charge is 0.416 e. The first-order chi connectivity index (χ1) is 24.4. The van der Waals surface area contributed by atoms with Gasteiger partial charge in [0.25, 0.3) is 5.91 Å². The molecule has 3 atom stereocenters. The zero-order valence-electron chi connectivity index (χ0n) is 29.0. The molecule has 3 amide bonds.